The number of hydroxylamine groups is 1. The molecule has 2 aromatic rings. The lowest BCUT2D eigenvalue weighted by atomic mass is 10.1. The second-order valence-electron chi connectivity index (χ2n) is 4.08. The Morgan fingerprint density at radius 2 is 2.19 bits per heavy atom. The van der Waals surface area contributed by atoms with E-state index in [2.05, 4.69) is 10.6 Å². The fourth-order valence-electron chi connectivity index (χ4n) is 2.61. The first-order chi connectivity index (χ1) is 7.83. The van der Waals surface area contributed by atoms with Crippen LogP contribution in [0.2, 0.25) is 0 Å². The quantitative estimate of drug-likeness (QED) is 0.386. The van der Waals surface area contributed by atoms with Gasteiger partial charge in [-0.05, 0) is 18.9 Å². The summed E-state index contributed by atoms with van der Waals surface area (Å²) in [5, 5.41) is 17.7. The lowest BCUT2D eigenvalue weighted by molar-refractivity contribution is 0.234. The molecule has 0 saturated carbocycles. The van der Waals surface area contributed by atoms with Crippen molar-refractivity contribution in [2.24, 2.45) is 0 Å². The Hall–Kier alpha value is -1.81. The normalized spacial score (nSPS) is 14.1. The molecule has 4 heteroatoms. The maximum Gasteiger partial charge on any atom is 0.151 e. The van der Waals surface area contributed by atoms with E-state index in [9.17, 15) is 0 Å². The zero-order valence-corrected chi connectivity index (χ0v) is 8.83. The average molecular weight is 215 g/mol. The Bertz CT molecular complexity index is 571. The van der Waals surface area contributed by atoms with E-state index < -0.39 is 0 Å². The van der Waals surface area contributed by atoms with E-state index in [4.69, 9.17) is 10.6 Å². The van der Waals surface area contributed by atoms with Gasteiger partial charge >= 0.3 is 0 Å². The molecule has 16 heavy (non-hydrogen) atoms. The number of hydrogen-bond donors (Lipinski definition) is 3. The lowest BCUT2D eigenvalue weighted by Crippen LogP contribution is -2.19. The van der Waals surface area contributed by atoms with Crippen LogP contribution in [0.4, 0.5) is 0 Å². The minimum atomic E-state index is 0.0897. The summed E-state index contributed by atoms with van der Waals surface area (Å²) in [4.78, 5) is 0. The van der Waals surface area contributed by atoms with Gasteiger partial charge in [0, 0.05) is 28.7 Å². The first-order valence-corrected chi connectivity index (χ1v) is 5.42. The van der Waals surface area contributed by atoms with Crippen LogP contribution in [0.25, 0.3) is 10.9 Å². The maximum absolute atomic E-state index is 8.91. The molecule has 3 rings (SSSR count). The molecule has 0 saturated heterocycles. The first kappa shape index (κ1) is 9.42. The van der Waals surface area contributed by atoms with Gasteiger partial charge in [-0.3, -0.25) is 16.1 Å². The summed E-state index contributed by atoms with van der Waals surface area (Å²) >= 11 is 0. The number of amidine groups is 1. The number of aryl methyl sites for hydroxylation is 1. The third kappa shape index (κ3) is 1.10. The van der Waals surface area contributed by atoms with Crippen molar-refractivity contribution < 1.29 is 5.21 Å². The molecule has 4 nitrogen and oxygen atoms in total. The fraction of sp³-hybridized carbons (Fsp3) is 0.250. The highest BCUT2D eigenvalue weighted by Crippen LogP contribution is 2.31. The standard InChI is InChI=1S/C12H13N3O/c13-12(14-16)11-8-4-1-2-5-9(8)15-7-3-6-10(11)15/h1-2,4-5,16H,3,6-7H2,(H2,13,14). The van der Waals surface area contributed by atoms with Crippen LogP contribution in [0.1, 0.15) is 17.7 Å². The third-order valence-corrected chi connectivity index (χ3v) is 3.24. The van der Waals surface area contributed by atoms with Crippen molar-refractivity contribution in [3.63, 3.8) is 0 Å². The van der Waals surface area contributed by atoms with Crippen LogP contribution in [0.5, 0.6) is 0 Å². The number of nitrogens with one attached hydrogen (secondary N) is 2. The molecule has 1 aliphatic rings. The van der Waals surface area contributed by atoms with Crippen LogP contribution >= 0.6 is 0 Å². The molecule has 0 unspecified atom stereocenters. The zero-order chi connectivity index (χ0) is 11.1. The molecule has 0 spiro atoms. The Labute approximate surface area is 93.0 Å². The summed E-state index contributed by atoms with van der Waals surface area (Å²) in [7, 11) is 0. The van der Waals surface area contributed by atoms with E-state index in [1.807, 2.05) is 23.7 Å². The van der Waals surface area contributed by atoms with Crippen molar-refractivity contribution in [2.75, 3.05) is 0 Å². The molecule has 0 atom stereocenters. The van der Waals surface area contributed by atoms with Crippen LogP contribution < -0.4 is 5.48 Å². The fourth-order valence-corrected chi connectivity index (χ4v) is 2.61. The van der Waals surface area contributed by atoms with Crippen molar-refractivity contribution in [1.29, 1.82) is 5.41 Å². The van der Waals surface area contributed by atoms with Crippen LogP contribution in [0.15, 0.2) is 24.3 Å². The molecule has 1 aromatic heterocycles. The predicted octanol–water partition coefficient (Wildman–Crippen LogP) is 1.89. The van der Waals surface area contributed by atoms with Gasteiger partial charge in [0.25, 0.3) is 0 Å². The number of hydrogen-bond acceptors (Lipinski definition) is 2. The Morgan fingerprint density at radius 1 is 1.38 bits per heavy atom. The summed E-state index contributed by atoms with van der Waals surface area (Å²) in [6, 6.07) is 8.04. The molecule has 0 amide bonds. The van der Waals surface area contributed by atoms with E-state index in [1.54, 1.807) is 0 Å². The van der Waals surface area contributed by atoms with Crippen molar-refractivity contribution in [3.05, 3.63) is 35.5 Å². The average Bonchev–Trinajstić information content (AvgIpc) is 2.87. The van der Waals surface area contributed by atoms with Gasteiger partial charge in [0.15, 0.2) is 5.84 Å². The largest absolute Gasteiger partial charge is 0.344 e. The van der Waals surface area contributed by atoms with E-state index >= 15 is 0 Å². The number of nitrogens with zero attached hydrogens (tertiary/aromatic N) is 1. The van der Waals surface area contributed by atoms with Gasteiger partial charge in [-0.2, -0.15) is 0 Å². The molecule has 0 radical (unpaired) electrons. The van der Waals surface area contributed by atoms with Crippen molar-refractivity contribution >= 4 is 16.7 Å². The van der Waals surface area contributed by atoms with Crippen molar-refractivity contribution in [3.8, 4) is 0 Å². The van der Waals surface area contributed by atoms with Crippen molar-refractivity contribution in [1.82, 2.24) is 10.0 Å². The second kappa shape index (κ2) is 3.35. The SMILES string of the molecule is N=C(NO)c1c2n(c3ccccc13)CCC2. The van der Waals surface area contributed by atoms with Crippen LogP contribution in [0.3, 0.4) is 0 Å². The molecule has 0 aliphatic carbocycles. The summed E-state index contributed by atoms with van der Waals surface area (Å²) in [5.41, 5.74) is 5.12. The Balaban J connectivity index is 2.37. The third-order valence-electron chi connectivity index (χ3n) is 3.24. The lowest BCUT2D eigenvalue weighted by Gasteiger charge is -2.02. The van der Waals surface area contributed by atoms with E-state index in [1.165, 1.54) is 0 Å². The smallest absolute Gasteiger partial charge is 0.151 e. The number of benzene rings is 1. The summed E-state index contributed by atoms with van der Waals surface area (Å²) in [6.45, 7) is 1.01. The first-order valence-electron chi connectivity index (χ1n) is 5.42. The molecule has 1 aromatic carbocycles. The highest BCUT2D eigenvalue weighted by Gasteiger charge is 2.22. The van der Waals surface area contributed by atoms with Gasteiger partial charge in [-0.1, -0.05) is 18.2 Å². The van der Waals surface area contributed by atoms with Gasteiger partial charge in [0.05, 0.1) is 0 Å². The predicted molar refractivity (Wildman–Crippen MR) is 62.0 cm³/mol. The molecule has 2 heterocycles. The second-order valence-corrected chi connectivity index (χ2v) is 4.08. The molecule has 3 N–H and O–H groups in total. The number of para-hydroxylation sites is 1. The molecule has 1 aliphatic heterocycles. The van der Waals surface area contributed by atoms with Crippen LogP contribution in [-0.2, 0) is 13.0 Å². The van der Waals surface area contributed by atoms with Gasteiger partial charge in [-0.25, -0.2) is 0 Å². The molecule has 82 valence electrons. The van der Waals surface area contributed by atoms with Gasteiger partial charge in [0.1, 0.15) is 0 Å². The highest BCUT2D eigenvalue weighted by atomic mass is 16.5. The van der Waals surface area contributed by atoms with Gasteiger partial charge in [0.2, 0.25) is 0 Å². The van der Waals surface area contributed by atoms with Gasteiger partial charge < -0.3 is 4.57 Å². The van der Waals surface area contributed by atoms with E-state index in [0.29, 0.717) is 0 Å². The molecular formula is C12H13N3O. The zero-order valence-electron chi connectivity index (χ0n) is 8.83. The maximum atomic E-state index is 8.91. The van der Waals surface area contributed by atoms with Crippen LogP contribution in [-0.4, -0.2) is 15.6 Å². The van der Waals surface area contributed by atoms with Crippen LogP contribution in [0, 0.1) is 5.41 Å². The number of rotatable bonds is 1. The van der Waals surface area contributed by atoms with E-state index in [0.717, 1.165) is 41.5 Å². The van der Waals surface area contributed by atoms with Crippen molar-refractivity contribution in [2.45, 2.75) is 19.4 Å². The Morgan fingerprint density at radius 3 is 3.00 bits per heavy atom. The Kier molecular flexibility index (Phi) is 1.97. The minimum Gasteiger partial charge on any atom is -0.344 e. The van der Waals surface area contributed by atoms with Gasteiger partial charge in [-0.15, -0.1) is 0 Å². The highest BCUT2D eigenvalue weighted by molar-refractivity contribution is 6.09. The topological polar surface area (TPSA) is 61.0 Å². The molecule has 0 fully saturated rings. The van der Waals surface area contributed by atoms with E-state index in [-0.39, 0.29) is 5.84 Å². The summed E-state index contributed by atoms with van der Waals surface area (Å²) in [6.07, 6.45) is 2.10. The summed E-state index contributed by atoms with van der Waals surface area (Å²) < 4.78 is 2.25. The number of fused-ring (bicyclic) bond motifs is 3. The monoisotopic (exact) mass is 215 g/mol. The molecule has 0 bridgehead atoms. The minimum absolute atomic E-state index is 0.0897. The summed E-state index contributed by atoms with van der Waals surface area (Å²) in [5.74, 6) is 0.0897. The number of aromatic nitrogens is 1. The molecular weight excluding hydrogens is 202 g/mol.